The fraction of sp³-hybridized carbons (Fsp3) is 0.143. The van der Waals surface area contributed by atoms with Crippen LogP contribution in [-0.4, -0.2) is 16.2 Å². The Bertz CT molecular complexity index is 230. The lowest BCUT2D eigenvalue weighted by Gasteiger charge is -2.21. The lowest BCUT2D eigenvalue weighted by Crippen LogP contribution is -2.33. The molecule has 0 aliphatic carbocycles. The molecule has 3 heteroatoms. The number of aliphatic hydroxyl groups excluding tert-OH is 1. The van der Waals surface area contributed by atoms with Crippen molar-refractivity contribution in [3.63, 3.8) is 0 Å². The molecule has 0 radical (unpaired) electrons. The highest BCUT2D eigenvalue weighted by Gasteiger charge is 2.22. The van der Waals surface area contributed by atoms with E-state index >= 15 is 0 Å². The minimum Gasteiger partial charge on any atom is -0.508 e. The molecule has 2 heterocycles. The molecule has 0 amide bonds. The molecule has 52 valence electrons. The zero-order valence-corrected chi connectivity index (χ0v) is 5.36. The van der Waals surface area contributed by atoms with Gasteiger partial charge in [-0.15, -0.1) is 0 Å². The fourth-order valence-corrected chi connectivity index (χ4v) is 1.09. The first-order valence-electron chi connectivity index (χ1n) is 3.16. The first kappa shape index (κ1) is 5.41. The predicted octanol–water partition coefficient (Wildman–Crippen LogP) is 0.658. The molecule has 3 nitrogen and oxygen atoms in total. The summed E-state index contributed by atoms with van der Waals surface area (Å²) >= 11 is 0. The van der Waals surface area contributed by atoms with Crippen molar-refractivity contribution in [3.05, 3.63) is 36.4 Å². The van der Waals surface area contributed by atoms with Gasteiger partial charge in [-0.2, -0.15) is 0 Å². The van der Waals surface area contributed by atoms with Gasteiger partial charge in [-0.1, -0.05) is 12.2 Å². The van der Waals surface area contributed by atoms with Crippen LogP contribution in [0.15, 0.2) is 36.4 Å². The van der Waals surface area contributed by atoms with Crippen molar-refractivity contribution in [3.8, 4) is 0 Å². The van der Waals surface area contributed by atoms with Crippen LogP contribution in [0.2, 0.25) is 0 Å². The van der Waals surface area contributed by atoms with Crippen LogP contribution in [-0.2, 0) is 0 Å². The second-order valence-corrected chi connectivity index (χ2v) is 2.28. The number of rotatable bonds is 0. The van der Waals surface area contributed by atoms with Crippen molar-refractivity contribution >= 4 is 0 Å². The highest BCUT2D eigenvalue weighted by atomic mass is 16.3. The van der Waals surface area contributed by atoms with Crippen molar-refractivity contribution in [2.45, 2.75) is 6.04 Å². The van der Waals surface area contributed by atoms with Crippen LogP contribution in [0.1, 0.15) is 0 Å². The summed E-state index contributed by atoms with van der Waals surface area (Å²) in [7, 11) is 0. The van der Waals surface area contributed by atoms with Gasteiger partial charge in [0.2, 0.25) is 0 Å². The molecular weight excluding hydrogens is 128 g/mol. The number of aliphatic hydroxyl groups is 1. The van der Waals surface area contributed by atoms with E-state index in [1.165, 1.54) is 0 Å². The molecule has 0 aromatic rings. The van der Waals surface area contributed by atoms with Gasteiger partial charge in [-0.3, -0.25) is 5.01 Å². The largest absolute Gasteiger partial charge is 0.508 e. The topological polar surface area (TPSA) is 35.5 Å². The van der Waals surface area contributed by atoms with E-state index in [-0.39, 0.29) is 6.04 Å². The molecule has 0 fully saturated rings. The Morgan fingerprint density at radius 2 is 2.40 bits per heavy atom. The van der Waals surface area contributed by atoms with Gasteiger partial charge in [0, 0.05) is 6.20 Å². The number of allylic oxidation sites excluding steroid dienone is 2. The van der Waals surface area contributed by atoms with Crippen LogP contribution in [0.25, 0.3) is 0 Å². The molecule has 0 bridgehead atoms. The molecule has 2 aliphatic heterocycles. The van der Waals surface area contributed by atoms with Gasteiger partial charge in [0.25, 0.3) is 0 Å². The van der Waals surface area contributed by atoms with Gasteiger partial charge in [0.05, 0.1) is 6.20 Å². The fourth-order valence-electron chi connectivity index (χ4n) is 1.09. The van der Waals surface area contributed by atoms with Gasteiger partial charge >= 0.3 is 0 Å². The van der Waals surface area contributed by atoms with Crippen molar-refractivity contribution < 1.29 is 5.11 Å². The van der Waals surface area contributed by atoms with E-state index < -0.39 is 0 Å². The molecule has 0 aromatic heterocycles. The minimum atomic E-state index is 0.00463. The second-order valence-electron chi connectivity index (χ2n) is 2.28. The molecule has 1 atom stereocenters. The van der Waals surface area contributed by atoms with Crippen LogP contribution in [0.4, 0.5) is 0 Å². The van der Waals surface area contributed by atoms with Crippen LogP contribution < -0.4 is 5.43 Å². The lowest BCUT2D eigenvalue weighted by atomic mass is 10.2. The van der Waals surface area contributed by atoms with Crippen LogP contribution in [0.5, 0.6) is 0 Å². The quantitative estimate of drug-likeness (QED) is 0.513. The molecule has 2 rings (SSSR count). The van der Waals surface area contributed by atoms with E-state index in [0.29, 0.717) is 5.76 Å². The molecule has 2 N–H and O–H groups in total. The van der Waals surface area contributed by atoms with E-state index in [1.807, 2.05) is 29.4 Å². The van der Waals surface area contributed by atoms with E-state index in [0.717, 1.165) is 0 Å². The Balaban J connectivity index is 2.27. The molecule has 0 saturated heterocycles. The minimum absolute atomic E-state index is 0.00463. The number of nitrogens with one attached hydrogen (secondary N) is 1. The monoisotopic (exact) mass is 136 g/mol. The first-order valence-corrected chi connectivity index (χ1v) is 3.16. The normalized spacial score (nSPS) is 27.8. The third kappa shape index (κ3) is 0.603. The summed E-state index contributed by atoms with van der Waals surface area (Å²) in [5.74, 6) is 0.362. The summed E-state index contributed by atoms with van der Waals surface area (Å²) in [6, 6.07) is 0.00463. The van der Waals surface area contributed by atoms with Crippen LogP contribution in [0.3, 0.4) is 0 Å². The summed E-state index contributed by atoms with van der Waals surface area (Å²) in [5.41, 5.74) is 2.89. The SMILES string of the molecule is OC1=CNN2C=CC=CC12. The zero-order chi connectivity index (χ0) is 6.97. The third-order valence-corrected chi connectivity index (χ3v) is 1.62. The summed E-state index contributed by atoms with van der Waals surface area (Å²) in [5, 5.41) is 11.0. The molecule has 0 aromatic carbocycles. The number of nitrogens with zero attached hydrogens (tertiary/aromatic N) is 1. The highest BCUT2D eigenvalue weighted by molar-refractivity contribution is 5.24. The molecule has 0 saturated carbocycles. The van der Waals surface area contributed by atoms with E-state index in [4.69, 9.17) is 0 Å². The Morgan fingerprint density at radius 1 is 1.50 bits per heavy atom. The molecule has 2 aliphatic rings. The van der Waals surface area contributed by atoms with Crippen molar-refractivity contribution in [1.29, 1.82) is 0 Å². The Hall–Kier alpha value is -1.38. The summed E-state index contributed by atoms with van der Waals surface area (Å²) in [4.78, 5) is 0. The number of hydrazine groups is 1. The first-order chi connectivity index (χ1) is 4.88. The Kier molecular flexibility index (Phi) is 0.974. The Morgan fingerprint density at radius 3 is 3.20 bits per heavy atom. The molecular formula is C7H8N2O. The number of fused-ring (bicyclic) bond motifs is 1. The standard InChI is InChI=1S/C7H8N2O/c10-7-5-8-9-4-2-1-3-6(7)9/h1-6,8,10H. The van der Waals surface area contributed by atoms with Gasteiger partial charge in [-0.25, -0.2) is 0 Å². The van der Waals surface area contributed by atoms with E-state index in [1.54, 1.807) is 6.20 Å². The predicted molar refractivity (Wildman–Crippen MR) is 37.8 cm³/mol. The smallest absolute Gasteiger partial charge is 0.138 e. The van der Waals surface area contributed by atoms with Gasteiger partial charge < -0.3 is 10.5 Å². The maximum atomic E-state index is 9.20. The summed E-state index contributed by atoms with van der Waals surface area (Å²) < 4.78 is 0. The zero-order valence-electron chi connectivity index (χ0n) is 5.36. The van der Waals surface area contributed by atoms with Gasteiger partial charge in [0.15, 0.2) is 0 Å². The number of hydrogen-bond donors (Lipinski definition) is 2. The second kappa shape index (κ2) is 1.80. The maximum Gasteiger partial charge on any atom is 0.138 e. The van der Waals surface area contributed by atoms with Crippen molar-refractivity contribution in [2.75, 3.05) is 0 Å². The third-order valence-electron chi connectivity index (χ3n) is 1.62. The van der Waals surface area contributed by atoms with E-state index in [9.17, 15) is 5.11 Å². The van der Waals surface area contributed by atoms with Crippen LogP contribution in [0, 0.1) is 0 Å². The van der Waals surface area contributed by atoms with Gasteiger partial charge in [0.1, 0.15) is 11.8 Å². The molecule has 10 heavy (non-hydrogen) atoms. The van der Waals surface area contributed by atoms with Crippen molar-refractivity contribution in [1.82, 2.24) is 10.4 Å². The highest BCUT2D eigenvalue weighted by Crippen LogP contribution is 2.16. The molecule has 0 spiro atoms. The summed E-state index contributed by atoms with van der Waals surface area (Å²) in [6.45, 7) is 0. The molecule has 1 unspecified atom stereocenters. The van der Waals surface area contributed by atoms with E-state index in [2.05, 4.69) is 5.43 Å². The lowest BCUT2D eigenvalue weighted by molar-refractivity contribution is 0.271. The Labute approximate surface area is 58.9 Å². The average Bonchev–Trinajstić information content (AvgIpc) is 2.34. The maximum absolute atomic E-state index is 9.20. The number of hydrogen-bond acceptors (Lipinski definition) is 3. The average molecular weight is 136 g/mol. The van der Waals surface area contributed by atoms with Crippen molar-refractivity contribution in [2.24, 2.45) is 0 Å². The van der Waals surface area contributed by atoms with Crippen LogP contribution >= 0.6 is 0 Å². The van der Waals surface area contributed by atoms with Gasteiger partial charge in [-0.05, 0) is 6.08 Å². The summed E-state index contributed by atoms with van der Waals surface area (Å²) in [6.07, 6.45) is 9.22.